The highest BCUT2D eigenvalue weighted by atomic mass is 35.5. The maximum Gasteiger partial charge on any atom is 0.235 e. The molecule has 80 valence electrons. The summed E-state index contributed by atoms with van der Waals surface area (Å²) < 4.78 is 7.21. The Labute approximate surface area is 97.3 Å². The van der Waals surface area contributed by atoms with Gasteiger partial charge in [-0.2, -0.15) is 9.61 Å². The van der Waals surface area contributed by atoms with E-state index in [1.807, 2.05) is 37.3 Å². The van der Waals surface area contributed by atoms with Crippen LogP contribution in [0, 0.1) is 18.5 Å². The highest BCUT2D eigenvalue weighted by molar-refractivity contribution is 5.64. The fourth-order valence-electron chi connectivity index (χ4n) is 1.75. The molecule has 3 rings (SSSR count). The summed E-state index contributed by atoms with van der Waals surface area (Å²) in [6, 6.07) is 9.66. The van der Waals surface area contributed by atoms with E-state index in [0.29, 0.717) is 0 Å². The van der Waals surface area contributed by atoms with E-state index in [2.05, 4.69) is 5.10 Å². The summed E-state index contributed by atoms with van der Waals surface area (Å²) in [6.07, 6.45) is 1.69. The predicted molar refractivity (Wildman–Crippen MR) is 58.2 cm³/mol. The van der Waals surface area contributed by atoms with Crippen molar-refractivity contribution in [3.05, 3.63) is 47.3 Å². The van der Waals surface area contributed by atoms with Gasteiger partial charge in [0.05, 0.1) is 11.3 Å². The Bertz CT molecular complexity index is 654. The van der Waals surface area contributed by atoms with Crippen LogP contribution in [0.15, 0.2) is 41.0 Å². The summed E-state index contributed by atoms with van der Waals surface area (Å²) >= 11 is 5.29. The fourth-order valence-corrected chi connectivity index (χ4v) is 2.01. The van der Waals surface area contributed by atoms with Crippen molar-refractivity contribution in [1.82, 2.24) is 9.61 Å². The van der Waals surface area contributed by atoms with Crippen LogP contribution in [0.5, 0.6) is 0 Å². The van der Waals surface area contributed by atoms with E-state index in [0.717, 1.165) is 27.7 Å². The smallest absolute Gasteiger partial charge is 0.235 e. The second-order valence-corrected chi connectivity index (χ2v) is 4.09. The van der Waals surface area contributed by atoms with Gasteiger partial charge in [-0.1, -0.05) is 12.1 Å². The minimum Gasteiger partial charge on any atom is -0.444 e. The normalized spacial score (nSPS) is 11.1. The molecule has 0 bridgehead atoms. The number of hydrogen-bond acceptors (Lipinski definition) is 2. The summed E-state index contributed by atoms with van der Waals surface area (Å²) in [4.78, 5) is 0. The SMILES string of the molecule is Cc1cc2occ(-c3ccccc3[ClH+])n2n1. The van der Waals surface area contributed by atoms with Crippen LogP contribution in [0.4, 0.5) is 0 Å². The number of benzene rings is 1. The van der Waals surface area contributed by atoms with Gasteiger partial charge in [-0.05, 0) is 13.0 Å². The Balaban J connectivity index is 2.30. The molecule has 0 amide bonds. The molecule has 0 spiro atoms. The van der Waals surface area contributed by atoms with Crippen LogP contribution in [0.25, 0.3) is 17.0 Å². The van der Waals surface area contributed by atoms with Crippen LogP contribution in [0.2, 0.25) is 5.02 Å². The summed E-state index contributed by atoms with van der Waals surface area (Å²) in [5.41, 5.74) is 3.54. The van der Waals surface area contributed by atoms with Crippen LogP contribution in [0.1, 0.15) is 5.69 Å². The van der Waals surface area contributed by atoms with Crippen molar-refractivity contribution < 1.29 is 16.0 Å². The first-order chi connectivity index (χ1) is 7.75. The quantitative estimate of drug-likeness (QED) is 0.647. The number of hydrogen-bond donors (Lipinski definition) is 0. The molecule has 0 aliphatic heterocycles. The van der Waals surface area contributed by atoms with Gasteiger partial charge in [0.25, 0.3) is 0 Å². The molecule has 0 atom stereocenters. The number of aromatic nitrogens is 2. The Morgan fingerprint density at radius 1 is 1.31 bits per heavy atom. The highest BCUT2D eigenvalue weighted by Crippen LogP contribution is 2.26. The average Bonchev–Trinajstić information content (AvgIpc) is 2.78. The van der Waals surface area contributed by atoms with Gasteiger partial charge in [0.1, 0.15) is 12.0 Å². The summed E-state index contributed by atoms with van der Waals surface area (Å²) in [5.74, 6) is 0. The molecular formula is C12H10ClN2O+. The molecule has 0 saturated heterocycles. The minimum absolute atomic E-state index is 0.741. The van der Waals surface area contributed by atoms with Gasteiger partial charge in [-0.3, -0.25) is 0 Å². The Morgan fingerprint density at radius 3 is 2.94 bits per heavy atom. The Kier molecular flexibility index (Phi) is 2.01. The van der Waals surface area contributed by atoms with Crippen LogP contribution in [-0.4, -0.2) is 9.61 Å². The lowest BCUT2D eigenvalue weighted by molar-refractivity contribution is -0.287. The van der Waals surface area contributed by atoms with E-state index < -0.39 is 0 Å². The first-order valence-corrected chi connectivity index (χ1v) is 5.37. The first-order valence-electron chi connectivity index (χ1n) is 4.96. The van der Waals surface area contributed by atoms with E-state index in [9.17, 15) is 0 Å². The molecule has 16 heavy (non-hydrogen) atoms. The second kappa shape index (κ2) is 3.39. The van der Waals surface area contributed by atoms with E-state index in [4.69, 9.17) is 16.0 Å². The lowest BCUT2D eigenvalue weighted by Gasteiger charge is -1.95. The lowest BCUT2D eigenvalue weighted by Crippen LogP contribution is -1.89. The number of oxazole rings is 1. The van der Waals surface area contributed by atoms with Crippen LogP contribution >= 0.6 is 0 Å². The Morgan fingerprint density at radius 2 is 2.12 bits per heavy atom. The minimum atomic E-state index is 0.741. The van der Waals surface area contributed by atoms with Crippen molar-refractivity contribution in [3.8, 4) is 11.3 Å². The highest BCUT2D eigenvalue weighted by Gasteiger charge is 2.15. The lowest BCUT2D eigenvalue weighted by atomic mass is 10.2. The molecule has 0 aliphatic carbocycles. The van der Waals surface area contributed by atoms with Crippen molar-refractivity contribution >= 4 is 5.71 Å². The van der Waals surface area contributed by atoms with Crippen LogP contribution < -0.4 is 0 Å². The zero-order valence-electron chi connectivity index (χ0n) is 8.68. The van der Waals surface area contributed by atoms with Gasteiger partial charge in [-0.25, -0.2) is 0 Å². The van der Waals surface area contributed by atoms with Crippen LogP contribution in [-0.2, 0) is 0 Å². The van der Waals surface area contributed by atoms with Gasteiger partial charge in [0, 0.05) is 12.1 Å². The third kappa shape index (κ3) is 1.32. The maximum absolute atomic E-state index is 5.43. The van der Waals surface area contributed by atoms with E-state index in [1.54, 1.807) is 10.8 Å². The third-order valence-electron chi connectivity index (χ3n) is 2.48. The van der Waals surface area contributed by atoms with Crippen molar-refractivity contribution in [3.63, 3.8) is 0 Å². The average molecular weight is 234 g/mol. The summed E-state index contributed by atoms with van der Waals surface area (Å²) in [6.45, 7) is 1.94. The zero-order valence-corrected chi connectivity index (χ0v) is 9.49. The largest absolute Gasteiger partial charge is 0.444 e. The van der Waals surface area contributed by atoms with Gasteiger partial charge in [0.2, 0.25) is 10.7 Å². The molecule has 0 radical (unpaired) electrons. The standard InChI is InChI=1S/C12H10ClN2O/c1-8-6-12-15(14-8)11(7-16-12)9-4-2-3-5-10(9)13/h2-7,13H,1H3/q+1. The number of rotatable bonds is 1. The predicted octanol–water partition coefficient (Wildman–Crippen LogP) is 2.60. The summed E-state index contributed by atoms with van der Waals surface area (Å²) in [7, 11) is 0. The van der Waals surface area contributed by atoms with Gasteiger partial charge < -0.3 is 4.42 Å². The Hall–Kier alpha value is -1.74. The first kappa shape index (κ1) is 9.48. The summed E-state index contributed by atoms with van der Waals surface area (Å²) in [5, 5.41) is 5.17. The molecule has 3 aromatic rings. The monoisotopic (exact) mass is 233 g/mol. The van der Waals surface area contributed by atoms with E-state index in [1.165, 1.54) is 0 Å². The van der Waals surface area contributed by atoms with Crippen molar-refractivity contribution in [2.45, 2.75) is 6.92 Å². The van der Waals surface area contributed by atoms with Crippen molar-refractivity contribution in [2.75, 3.05) is 0 Å². The molecule has 1 aromatic carbocycles. The number of halogens is 1. The zero-order chi connectivity index (χ0) is 11.1. The van der Waals surface area contributed by atoms with E-state index >= 15 is 0 Å². The van der Waals surface area contributed by atoms with Gasteiger partial charge in [-0.15, -0.1) is 0 Å². The van der Waals surface area contributed by atoms with Crippen molar-refractivity contribution in [2.24, 2.45) is 0 Å². The van der Waals surface area contributed by atoms with Gasteiger partial charge >= 0.3 is 0 Å². The maximum atomic E-state index is 5.43. The van der Waals surface area contributed by atoms with E-state index in [-0.39, 0.29) is 0 Å². The molecule has 0 unspecified atom stereocenters. The van der Waals surface area contributed by atoms with Gasteiger partial charge in [0.15, 0.2) is 11.6 Å². The second-order valence-electron chi connectivity index (χ2n) is 3.65. The molecule has 2 aromatic heterocycles. The molecule has 2 heterocycles. The number of aryl methyl sites for hydroxylation is 1. The number of nitrogens with zero attached hydrogens (tertiary/aromatic N) is 2. The fraction of sp³-hybridized carbons (Fsp3) is 0.0833. The molecule has 0 saturated carbocycles. The molecular weight excluding hydrogens is 224 g/mol. The topological polar surface area (TPSA) is 30.4 Å². The molecule has 3 nitrogen and oxygen atoms in total. The van der Waals surface area contributed by atoms with Crippen LogP contribution in [0.3, 0.4) is 0 Å². The third-order valence-corrected chi connectivity index (χ3v) is 2.84. The molecule has 0 aliphatic rings. The number of fused-ring (bicyclic) bond motifs is 1. The molecule has 0 N–H and O–H groups in total. The molecule has 4 heteroatoms. The van der Waals surface area contributed by atoms with Crippen molar-refractivity contribution in [1.29, 1.82) is 0 Å². The molecule has 0 fully saturated rings.